The van der Waals surface area contributed by atoms with Gasteiger partial charge < -0.3 is 0 Å². The van der Waals surface area contributed by atoms with Gasteiger partial charge >= 0.3 is 0 Å². The summed E-state index contributed by atoms with van der Waals surface area (Å²) in [5, 5.41) is 4.16. The van der Waals surface area contributed by atoms with Crippen LogP contribution in [-0.2, 0) is 4.79 Å². The molecule has 0 aromatic carbocycles. The molecule has 0 spiro atoms. The molecule has 0 aliphatic heterocycles. The molecule has 1 saturated carbocycles. The van der Waals surface area contributed by atoms with Crippen molar-refractivity contribution in [1.29, 1.82) is 0 Å². The first-order valence-electron chi connectivity index (χ1n) is 4.92. The number of hydrazone groups is 1. The lowest BCUT2D eigenvalue weighted by atomic mass is 9.90. The molecule has 3 nitrogen and oxygen atoms in total. The molecule has 1 rings (SSSR count). The van der Waals surface area contributed by atoms with Crippen LogP contribution in [0.15, 0.2) is 5.10 Å². The molecule has 1 amide bonds. The van der Waals surface area contributed by atoms with Crippen LogP contribution in [0.1, 0.15) is 46.5 Å². The number of carbonyl (C=O) groups is 1. The zero-order chi connectivity index (χ0) is 9.90. The summed E-state index contributed by atoms with van der Waals surface area (Å²) in [6.07, 6.45) is 3.88. The molecule has 0 atom stereocenters. The van der Waals surface area contributed by atoms with Crippen molar-refractivity contribution in [1.82, 2.24) is 5.43 Å². The average Bonchev–Trinajstić information content (AvgIpc) is 2.41. The van der Waals surface area contributed by atoms with Crippen molar-refractivity contribution in [3.63, 3.8) is 0 Å². The first-order valence-corrected chi connectivity index (χ1v) is 4.92. The van der Waals surface area contributed by atoms with E-state index in [9.17, 15) is 4.79 Å². The van der Waals surface area contributed by atoms with Crippen LogP contribution >= 0.6 is 0 Å². The van der Waals surface area contributed by atoms with Crippen LogP contribution in [0.4, 0.5) is 0 Å². The molecule has 1 N–H and O–H groups in total. The van der Waals surface area contributed by atoms with Gasteiger partial charge in [-0.3, -0.25) is 4.79 Å². The predicted octanol–water partition coefficient (Wildman–Crippen LogP) is 2.08. The Morgan fingerprint density at radius 1 is 1.62 bits per heavy atom. The van der Waals surface area contributed by atoms with E-state index in [0.29, 0.717) is 6.42 Å². The predicted molar refractivity (Wildman–Crippen MR) is 53.5 cm³/mol. The standard InChI is InChI=1S/C10H18N2O/c1-4-9(13)12-11-8-6-5-7-10(8,2)3/h4-7H2,1-3H3,(H,12,13)/b11-8-. The molecule has 0 aromatic rings. The van der Waals surface area contributed by atoms with Gasteiger partial charge in [0.15, 0.2) is 0 Å². The summed E-state index contributed by atoms with van der Waals surface area (Å²) < 4.78 is 0. The van der Waals surface area contributed by atoms with Crippen LogP contribution in [0.25, 0.3) is 0 Å². The fourth-order valence-corrected chi connectivity index (χ4v) is 1.60. The van der Waals surface area contributed by atoms with Crippen molar-refractivity contribution >= 4 is 11.6 Å². The van der Waals surface area contributed by atoms with Gasteiger partial charge in [-0.05, 0) is 19.3 Å². The maximum atomic E-state index is 11.0. The minimum absolute atomic E-state index is 0.00444. The molecule has 1 aliphatic rings. The molecule has 0 radical (unpaired) electrons. The van der Waals surface area contributed by atoms with Gasteiger partial charge in [-0.1, -0.05) is 20.8 Å². The highest BCUT2D eigenvalue weighted by atomic mass is 16.2. The van der Waals surface area contributed by atoms with E-state index in [2.05, 4.69) is 24.4 Å². The normalized spacial score (nSPS) is 23.5. The second-order valence-corrected chi connectivity index (χ2v) is 4.18. The third-order valence-corrected chi connectivity index (χ3v) is 2.63. The van der Waals surface area contributed by atoms with Crippen LogP contribution in [0, 0.1) is 5.41 Å². The SMILES string of the molecule is CCC(=O)N/N=C1/CCCC1(C)C. The lowest BCUT2D eigenvalue weighted by Crippen LogP contribution is -2.23. The van der Waals surface area contributed by atoms with Crippen LogP contribution in [-0.4, -0.2) is 11.6 Å². The highest BCUT2D eigenvalue weighted by molar-refractivity contribution is 5.92. The van der Waals surface area contributed by atoms with Gasteiger partial charge in [-0.2, -0.15) is 5.10 Å². The topological polar surface area (TPSA) is 41.5 Å². The Labute approximate surface area is 79.6 Å². The summed E-state index contributed by atoms with van der Waals surface area (Å²) >= 11 is 0. The number of carbonyl (C=O) groups excluding carboxylic acids is 1. The summed E-state index contributed by atoms with van der Waals surface area (Å²) in [5.74, 6) is -0.00444. The number of nitrogens with zero attached hydrogens (tertiary/aromatic N) is 1. The van der Waals surface area contributed by atoms with E-state index in [1.807, 2.05) is 6.92 Å². The number of amides is 1. The van der Waals surface area contributed by atoms with E-state index in [-0.39, 0.29) is 11.3 Å². The van der Waals surface area contributed by atoms with Gasteiger partial charge in [0.05, 0.1) is 0 Å². The molecule has 13 heavy (non-hydrogen) atoms. The highest BCUT2D eigenvalue weighted by Crippen LogP contribution is 2.34. The smallest absolute Gasteiger partial charge is 0.239 e. The summed E-state index contributed by atoms with van der Waals surface area (Å²) in [4.78, 5) is 11.0. The maximum Gasteiger partial charge on any atom is 0.239 e. The van der Waals surface area contributed by atoms with E-state index in [1.165, 1.54) is 12.8 Å². The molecule has 0 bridgehead atoms. The highest BCUT2D eigenvalue weighted by Gasteiger charge is 2.30. The molecular weight excluding hydrogens is 164 g/mol. The van der Waals surface area contributed by atoms with E-state index < -0.39 is 0 Å². The maximum absolute atomic E-state index is 11.0. The molecule has 0 heterocycles. The second kappa shape index (κ2) is 3.90. The zero-order valence-corrected chi connectivity index (χ0v) is 8.68. The number of hydrogen-bond donors (Lipinski definition) is 1. The quantitative estimate of drug-likeness (QED) is 0.653. The van der Waals surface area contributed by atoms with Crippen LogP contribution in [0.2, 0.25) is 0 Å². The largest absolute Gasteiger partial charge is 0.273 e. The third kappa shape index (κ3) is 2.54. The minimum atomic E-state index is -0.00444. The Kier molecular flexibility index (Phi) is 3.07. The van der Waals surface area contributed by atoms with E-state index >= 15 is 0 Å². The summed E-state index contributed by atoms with van der Waals surface area (Å²) in [7, 11) is 0. The monoisotopic (exact) mass is 182 g/mol. The molecule has 1 fully saturated rings. The Morgan fingerprint density at radius 2 is 2.31 bits per heavy atom. The molecule has 74 valence electrons. The molecular formula is C10H18N2O. The Balaban J connectivity index is 2.56. The van der Waals surface area contributed by atoms with Crippen LogP contribution < -0.4 is 5.43 Å². The number of hydrogen-bond acceptors (Lipinski definition) is 2. The third-order valence-electron chi connectivity index (χ3n) is 2.63. The summed E-state index contributed by atoms with van der Waals surface area (Å²) in [6.45, 7) is 6.18. The summed E-state index contributed by atoms with van der Waals surface area (Å²) in [5.41, 5.74) is 3.89. The Morgan fingerprint density at radius 3 is 2.77 bits per heavy atom. The molecule has 3 heteroatoms. The lowest BCUT2D eigenvalue weighted by molar-refractivity contribution is -0.120. The molecule has 1 aliphatic carbocycles. The molecule has 0 unspecified atom stereocenters. The van der Waals surface area contributed by atoms with Crippen LogP contribution in [0.3, 0.4) is 0 Å². The van der Waals surface area contributed by atoms with Gasteiger partial charge in [-0.25, -0.2) is 5.43 Å². The fourth-order valence-electron chi connectivity index (χ4n) is 1.60. The van der Waals surface area contributed by atoms with E-state index in [4.69, 9.17) is 0 Å². The average molecular weight is 182 g/mol. The molecule has 0 saturated heterocycles. The fraction of sp³-hybridized carbons (Fsp3) is 0.800. The Hall–Kier alpha value is -0.860. The van der Waals surface area contributed by atoms with Crippen molar-refractivity contribution in [2.45, 2.75) is 46.5 Å². The van der Waals surface area contributed by atoms with Crippen molar-refractivity contribution in [2.24, 2.45) is 10.5 Å². The molecule has 0 aromatic heterocycles. The van der Waals surface area contributed by atoms with E-state index in [1.54, 1.807) is 0 Å². The van der Waals surface area contributed by atoms with Gasteiger partial charge in [0.1, 0.15) is 0 Å². The van der Waals surface area contributed by atoms with Gasteiger partial charge in [-0.15, -0.1) is 0 Å². The van der Waals surface area contributed by atoms with Crippen LogP contribution in [0.5, 0.6) is 0 Å². The van der Waals surface area contributed by atoms with Crippen molar-refractivity contribution < 1.29 is 4.79 Å². The second-order valence-electron chi connectivity index (χ2n) is 4.18. The lowest BCUT2D eigenvalue weighted by Gasteiger charge is -2.17. The van der Waals surface area contributed by atoms with Crippen molar-refractivity contribution in [3.8, 4) is 0 Å². The van der Waals surface area contributed by atoms with Gasteiger partial charge in [0.2, 0.25) is 5.91 Å². The van der Waals surface area contributed by atoms with Crippen molar-refractivity contribution in [2.75, 3.05) is 0 Å². The van der Waals surface area contributed by atoms with E-state index in [0.717, 1.165) is 12.1 Å². The number of rotatable bonds is 2. The Bertz CT molecular complexity index is 231. The number of nitrogens with one attached hydrogen (secondary N) is 1. The van der Waals surface area contributed by atoms with Gasteiger partial charge in [0.25, 0.3) is 0 Å². The summed E-state index contributed by atoms with van der Waals surface area (Å²) in [6, 6.07) is 0. The first kappa shape index (κ1) is 10.2. The van der Waals surface area contributed by atoms with Crippen molar-refractivity contribution in [3.05, 3.63) is 0 Å². The zero-order valence-electron chi connectivity index (χ0n) is 8.68. The minimum Gasteiger partial charge on any atom is -0.273 e. The first-order chi connectivity index (χ1) is 6.06. The van der Waals surface area contributed by atoms with Gasteiger partial charge in [0, 0.05) is 17.5 Å².